The molecule has 2 aliphatic carbocycles. The van der Waals surface area contributed by atoms with Crippen LogP contribution in [0.5, 0.6) is 0 Å². The Labute approximate surface area is 122 Å². The molecule has 2 aliphatic rings. The van der Waals surface area contributed by atoms with Gasteiger partial charge in [-0.1, -0.05) is 30.3 Å². The summed E-state index contributed by atoms with van der Waals surface area (Å²) in [4.78, 5) is 0. The van der Waals surface area contributed by atoms with E-state index in [1.807, 2.05) is 22.9 Å². The van der Waals surface area contributed by atoms with Crippen molar-refractivity contribution in [3.63, 3.8) is 0 Å². The van der Waals surface area contributed by atoms with Crippen molar-refractivity contribution in [1.82, 2.24) is 9.78 Å². The zero-order chi connectivity index (χ0) is 13.7. The van der Waals surface area contributed by atoms with Gasteiger partial charge in [-0.25, -0.2) is 0 Å². The molecule has 1 aromatic carbocycles. The summed E-state index contributed by atoms with van der Waals surface area (Å²) in [7, 11) is 0. The van der Waals surface area contributed by atoms with Crippen LogP contribution in [0.3, 0.4) is 0 Å². The first-order chi connectivity index (χ1) is 9.83. The molecule has 0 saturated heterocycles. The minimum absolute atomic E-state index is 0.529. The lowest BCUT2D eigenvalue weighted by Crippen LogP contribution is -2.06. The van der Waals surface area contributed by atoms with E-state index < -0.39 is 0 Å². The van der Waals surface area contributed by atoms with E-state index in [1.165, 1.54) is 16.8 Å². The Morgan fingerprint density at radius 1 is 1.35 bits per heavy atom. The summed E-state index contributed by atoms with van der Waals surface area (Å²) >= 11 is 6.03. The predicted octanol–water partition coefficient (Wildman–Crippen LogP) is 2.93. The Hall–Kier alpha value is -1.79. The average Bonchev–Trinajstić information content (AvgIpc) is 2.85. The van der Waals surface area contributed by atoms with E-state index >= 15 is 0 Å². The van der Waals surface area contributed by atoms with Crippen LogP contribution < -0.4 is 0 Å². The molecule has 1 fully saturated rings. The van der Waals surface area contributed by atoms with Crippen LogP contribution in [-0.4, -0.2) is 15.7 Å². The van der Waals surface area contributed by atoms with Gasteiger partial charge < -0.3 is 0 Å². The smallest absolute Gasteiger partial charge is 0.165 e. The highest BCUT2D eigenvalue weighted by Crippen LogP contribution is 2.62. The highest BCUT2D eigenvalue weighted by molar-refractivity contribution is 6.18. The third kappa shape index (κ3) is 1.61. The maximum Gasteiger partial charge on any atom is 0.165 e. The first kappa shape index (κ1) is 12.0. The first-order valence-electron chi connectivity index (χ1n) is 6.93. The topological polar surface area (TPSA) is 41.6 Å². The molecule has 0 amide bonds. The lowest BCUT2D eigenvalue weighted by molar-refractivity contribution is 0.637. The number of nitrogens with zero attached hydrogens (tertiary/aromatic N) is 3. The van der Waals surface area contributed by atoms with Crippen LogP contribution in [0.25, 0.3) is 0 Å². The number of benzene rings is 1. The molecule has 1 saturated carbocycles. The van der Waals surface area contributed by atoms with Crippen LogP contribution in [0.1, 0.15) is 28.4 Å². The Bertz CT molecular complexity index is 699. The number of hydrogen-bond donors (Lipinski definition) is 0. The second kappa shape index (κ2) is 4.36. The number of rotatable bonds is 3. The number of fused-ring (bicyclic) bond motifs is 3. The van der Waals surface area contributed by atoms with Crippen molar-refractivity contribution in [1.29, 1.82) is 5.26 Å². The fourth-order valence-corrected chi connectivity index (χ4v) is 4.05. The molecule has 2 aromatic rings. The predicted molar refractivity (Wildman–Crippen MR) is 76.6 cm³/mol. The molecule has 1 aromatic heterocycles. The van der Waals surface area contributed by atoms with Crippen molar-refractivity contribution in [2.75, 3.05) is 5.88 Å². The lowest BCUT2D eigenvalue weighted by Gasteiger charge is -2.07. The van der Waals surface area contributed by atoms with Crippen molar-refractivity contribution in [3.8, 4) is 6.07 Å². The number of aromatic nitrogens is 2. The average molecular weight is 284 g/mol. The van der Waals surface area contributed by atoms with Crippen molar-refractivity contribution >= 4 is 11.6 Å². The van der Waals surface area contributed by atoms with Gasteiger partial charge in [0.25, 0.3) is 0 Å². The molecular weight excluding hydrogens is 270 g/mol. The van der Waals surface area contributed by atoms with Gasteiger partial charge in [0.15, 0.2) is 5.69 Å². The molecule has 0 aliphatic heterocycles. The van der Waals surface area contributed by atoms with Gasteiger partial charge >= 0.3 is 0 Å². The quantitative estimate of drug-likeness (QED) is 0.813. The maximum absolute atomic E-state index is 9.25. The SMILES string of the molecule is N#Cc1nn(Cc2ccccc2)c2c1C[C@H]1[C@H](CCl)[C@@H]21. The van der Waals surface area contributed by atoms with Crippen LogP contribution in [0.2, 0.25) is 0 Å². The second-order valence-corrected chi connectivity index (χ2v) is 5.99. The Morgan fingerprint density at radius 2 is 2.15 bits per heavy atom. The van der Waals surface area contributed by atoms with Gasteiger partial charge in [0, 0.05) is 23.1 Å². The standard InChI is InChI=1S/C16H14ClN3/c17-7-13-11-6-12-14(8-18)19-20(16(12)15(11)13)9-10-4-2-1-3-5-10/h1-5,11,13,15H,6-7,9H2/t11-,13-,15-/m0/s1. The van der Waals surface area contributed by atoms with Crippen molar-refractivity contribution in [3.05, 3.63) is 52.8 Å². The maximum atomic E-state index is 9.25. The van der Waals surface area contributed by atoms with Crippen LogP contribution in [0.4, 0.5) is 0 Å². The lowest BCUT2D eigenvalue weighted by atomic mass is 10.1. The number of nitriles is 1. The Kier molecular flexibility index (Phi) is 2.61. The first-order valence-corrected chi connectivity index (χ1v) is 7.46. The highest BCUT2D eigenvalue weighted by atomic mass is 35.5. The van der Waals surface area contributed by atoms with E-state index in [2.05, 4.69) is 23.3 Å². The molecule has 0 radical (unpaired) electrons. The summed E-state index contributed by atoms with van der Waals surface area (Å²) in [6, 6.07) is 12.5. The van der Waals surface area contributed by atoms with Crippen LogP contribution >= 0.6 is 11.6 Å². The molecule has 3 nitrogen and oxygen atoms in total. The summed E-state index contributed by atoms with van der Waals surface area (Å²) in [6.45, 7) is 0.739. The van der Waals surface area contributed by atoms with Gasteiger partial charge in [-0.3, -0.25) is 4.68 Å². The summed E-state index contributed by atoms with van der Waals surface area (Å²) < 4.78 is 2.03. The van der Waals surface area contributed by atoms with Crippen molar-refractivity contribution in [2.45, 2.75) is 18.9 Å². The molecule has 0 unspecified atom stereocenters. The monoisotopic (exact) mass is 283 g/mol. The summed E-state index contributed by atoms with van der Waals surface area (Å²) in [5.41, 5.74) is 4.26. The molecule has 4 rings (SSSR count). The molecule has 0 spiro atoms. The summed E-state index contributed by atoms with van der Waals surface area (Å²) in [5, 5.41) is 13.8. The number of hydrogen-bond acceptors (Lipinski definition) is 2. The zero-order valence-corrected chi connectivity index (χ0v) is 11.7. The van der Waals surface area contributed by atoms with E-state index in [0.717, 1.165) is 13.0 Å². The number of halogens is 1. The molecule has 0 bridgehead atoms. The van der Waals surface area contributed by atoms with Crippen molar-refractivity contribution < 1.29 is 0 Å². The van der Waals surface area contributed by atoms with E-state index in [0.29, 0.717) is 29.3 Å². The highest BCUT2D eigenvalue weighted by Gasteiger charge is 2.57. The largest absolute Gasteiger partial charge is 0.263 e. The van der Waals surface area contributed by atoms with Gasteiger partial charge in [0.05, 0.1) is 6.54 Å². The van der Waals surface area contributed by atoms with Gasteiger partial charge in [-0.05, 0) is 23.8 Å². The van der Waals surface area contributed by atoms with Gasteiger partial charge in [-0.2, -0.15) is 10.4 Å². The Morgan fingerprint density at radius 3 is 2.85 bits per heavy atom. The van der Waals surface area contributed by atoms with Crippen molar-refractivity contribution in [2.24, 2.45) is 11.8 Å². The molecule has 0 N–H and O–H groups in total. The summed E-state index contributed by atoms with van der Waals surface area (Å²) in [5.74, 6) is 2.48. The van der Waals surface area contributed by atoms with E-state index in [9.17, 15) is 5.26 Å². The van der Waals surface area contributed by atoms with Gasteiger partial charge in [0.1, 0.15) is 6.07 Å². The third-order valence-electron chi connectivity index (χ3n) is 4.64. The van der Waals surface area contributed by atoms with Gasteiger partial charge in [-0.15, -0.1) is 11.6 Å². The zero-order valence-electron chi connectivity index (χ0n) is 11.0. The Balaban J connectivity index is 1.73. The van der Waals surface area contributed by atoms with Gasteiger partial charge in [0.2, 0.25) is 0 Å². The van der Waals surface area contributed by atoms with E-state index in [1.54, 1.807) is 0 Å². The third-order valence-corrected chi connectivity index (χ3v) is 5.00. The molecular formula is C16H14ClN3. The minimum Gasteiger partial charge on any atom is -0.263 e. The molecule has 4 heteroatoms. The molecule has 3 atom stereocenters. The second-order valence-electron chi connectivity index (χ2n) is 5.68. The van der Waals surface area contributed by atoms with Crippen LogP contribution in [0.15, 0.2) is 30.3 Å². The van der Waals surface area contributed by atoms with Crippen LogP contribution in [0, 0.1) is 23.2 Å². The molecule has 1 heterocycles. The summed E-state index contributed by atoms with van der Waals surface area (Å²) in [6.07, 6.45) is 0.981. The minimum atomic E-state index is 0.529. The molecule has 100 valence electrons. The fraction of sp³-hybridized carbons (Fsp3) is 0.375. The van der Waals surface area contributed by atoms with E-state index in [-0.39, 0.29) is 0 Å². The molecule has 20 heavy (non-hydrogen) atoms. The normalized spacial score (nSPS) is 25.9. The number of alkyl halides is 1. The van der Waals surface area contributed by atoms with E-state index in [4.69, 9.17) is 11.6 Å². The van der Waals surface area contributed by atoms with Crippen LogP contribution in [-0.2, 0) is 13.0 Å². The fourth-order valence-electron chi connectivity index (χ4n) is 3.63.